The maximum absolute atomic E-state index is 12.3. The monoisotopic (exact) mass is 259 g/mol. The number of nitro benzene ring substituents is 1. The third-order valence-corrected chi connectivity index (χ3v) is 2.36. The van der Waals surface area contributed by atoms with Crippen molar-refractivity contribution >= 4 is 11.5 Å². The van der Waals surface area contributed by atoms with Gasteiger partial charge in [0.15, 0.2) is 5.78 Å². The highest BCUT2D eigenvalue weighted by atomic mass is 19.3. The van der Waals surface area contributed by atoms with E-state index >= 15 is 0 Å². The largest absolute Gasteiger partial charge is 0.427 e. The molecule has 0 aliphatic carbocycles. The van der Waals surface area contributed by atoms with Gasteiger partial charge in [0, 0.05) is 5.56 Å². The molecule has 0 atom stereocenters. The van der Waals surface area contributed by atoms with Crippen molar-refractivity contribution in [2.75, 3.05) is 0 Å². The third kappa shape index (κ3) is 2.79. The van der Waals surface area contributed by atoms with E-state index < -0.39 is 28.8 Å². The van der Waals surface area contributed by atoms with Crippen LogP contribution in [0.1, 0.15) is 29.8 Å². The molecule has 0 bridgehead atoms. The number of hydrogen-bond acceptors (Lipinski definition) is 4. The van der Waals surface area contributed by atoms with Gasteiger partial charge in [-0.05, 0) is 19.4 Å². The summed E-state index contributed by atoms with van der Waals surface area (Å²) < 4.78 is 28.7. The molecule has 0 amide bonds. The smallest absolute Gasteiger partial charge is 0.387 e. The Morgan fingerprint density at radius 3 is 2.50 bits per heavy atom. The SMILES string of the molecule is CCc1ccc(C(C)=O)c(OC(F)F)c1[N+](=O)[O-]. The maximum Gasteiger partial charge on any atom is 0.387 e. The Morgan fingerprint density at radius 2 is 2.11 bits per heavy atom. The van der Waals surface area contributed by atoms with E-state index in [2.05, 4.69) is 4.74 Å². The summed E-state index contributed by atoms with van der Waals surface area (Å²) in [6.45, 7) is -0.459. The number of ketones is 1. The first-order valence-electron chi connectivity index (χ1n) is 5.14. The topological polar surface area (TPSA) is 69.4 Å². The summed E-state index contributed by atoms with van der Waals surface area (Å²) in [6.07, 6.45) is 0.272. The molecular formula is C11H11F2NO4. The first kappa shape index (κ1) is 14.0. The normalized spacial score (nSPS) is 10.5. The minimum absolute atomic E-state index is 0.223. The summed E-state index contributed by atoms with van der Waals surface area (Å²) in [5.74, 6) is -1.24. The molecule has 0 spiro atoms. The van der Waals surface area contributed by atoms with Gasteiger partial charge in [-0.2, -0.15) is 8.78 Å². The lowest BCUT2D eigenvalue weighted by atomic mass is 10.0. The van der Waals surface area contributed by atoms with Crippen LogP contribution in [0.5, 0.6) is 5.75 Å². The van der Waals surface area contributed by atoms with Crippen LogP contribution in [0.4, 0.5) is 14.5 Å². The molecule has 0 fully saturated rings. The molecule has 0 aliphatic heterocycles. The Bertz CT molecular complexity index is 488. The van der Waals surface area contributed by atoms with E-state index in [1.807, 2.05) is 0 Å². The van der Waals surface area contributed by atoms with Crippen LogP contribution in [0.3, 0.4) is 0 Å². The number of hydrogen-bond donors (Lipinski definition) is 0. The fraction of sp³-hybridized carbons (Fsp3) is 0.364. The zero-order valence-electron chi connectivity index (χ0n) is 9.78. The Kier molecular flexibility index (Phi) is 4.30. The van der Waals surface area contributed by atoms with Crippen molar-refractivity contribution in [2.24, 2.45) is 0 Å². The molecule has 0 N–H and O–H groups in total. The summed E-state index contributed by atoms with van der Waals surface area (Å²) >= 11 is 0. The minimum atomic E-state index is -3.23. The third-order valence-electron chi connectivity index (χ3n) is 2.36. The number of Topliss-reactive ketones (excluding diaryl/α,β-unsaturated/α-hetero) is 1. The van der Waals surface area contributed by atoms with Gasteiger partial charge in [0.05, 0.1) is 10.5 Å². The molecule has 18 heavy (non-hydrogen) atoms. The van der Waals surface area contributed by atoms with Gasteiger partial charge in [-0.25, -0.2) is 0 Å². The fourth-order valence-electron chi connectivity index (χ4n) is 1.58. The highest BCUT2D eigenvalue weighted by Crippen LogP contribution is 2.36. The number of nitro groups is 1. The molecule has 0 saturated heterocycles. The van der Waals surface area contributed by atoms with E-state index in [9.17, 15) is 23.7 Å². The van der Waals surface area contributed by atoms with Crippen molar-refractivity contribution < 1.29 is 23.2 Å². The Hall–Kier alpha value is -2.05. The summed E-state index contributed by atoms with van der Waals surface area (Å²) in [4.78, 5) is 21.4. The lowest BCUT2D eigenvalue weighted by Crippen LogP contribution is -2.10. The van der Waals surface area contributed by atoms with E-state index in [4.69, 9.17) is 0 Å². The minimum Gasteiger partial charge on any atom is -0.427 e. The van der Waals surface area contributed by atoms with Crippen molar-refractivity contribution in [1.82, 2.24) is 0 Å². The van der Waals surface area contributed by atoms with Gasteiger partial charge in [-0.1, -0.05) is 13.0 Å². The van der Waals surface area contributed by atoms with E-state index in [-0.39, 0.29) is 17.5 Å². The number of alkyl halides is 2. The van der Waals surface area contributed by atoms with Gasteiger partial charge < -0.3 is 4.74 Å². The van der Waals surface area contributed by atoms with E-state index in [0.29, 0.717) is 0 Å². The maximum atomic E-state index is 12.3. The van der Waals surface area contributed by atoms with Gasteiger partial charge in [0.25, 0.3) is 0 Å². The molecule has 0 aromatic heterocycles. The standard InChI is InChI=1S/C11H11F2NO4/c1-3-7-4-5-8(6(2)15)10(18-11(12)13)9(7)14(16)17/h4-5,11H,3H2,1-2H3. The molecule has 0 unspecified atom stereocenters. The molecule has 0 saturated carbocycles. The van der Waals surface area contributed by atoms with Crippen LogP contribution in [-0.4, -0.2) is 17.3 Å². The van der Waals surface area contributed by atoms with Crippen LogP contribution in [0.15, 0.2) is 12.1 Å². The van der Waals surface area contributed by atoms with Crippen molar-refractivity contribution in [3.8, 4) is 5.75 Å². The first-order valence-corrected chi connectivity index (χ1v) is 5.14. The van der Waals surface area contributed by atoms with Crippen LogP contribution >= 0.6 is 0 Å². The Labute approximate surface area is 102 Å². The fourth-order valence-corrected chi connectivity index (χ4v) is 1.58. The zero-order valence-corrected chi connectivity index (χ0v) is 9.78. The van der Waals surface area contributed by atoms with Crippen molar-refractivity contribution in [3.63, 3.8) is 0 Å². The van der Waals surface area contributed by atoms with Crippen molar-refractivity contribution in [2.45, 2.75) is 26.9 Å². The van der Waals surface area contributed by atoms with E-state index in [1.165, 1.54) is 12.1 Å². The van der Waals surface area contributed by atoms with E-state index in [0.717, 1.165) is 6.92 Å². The molecule has 0 heterocycles. The van der Waals surface area contributed by atoms with Crippen LogP contribution in [-0.2, 0) is 6.42 Å². The quantitative estimate of drug-likeness (QED) is 0.463. The number of carbonyl (C=O) groups excluding carboxylic acids is 1. The summed E-state index contributed by atoms with van der Waals surface area (Å²) in [5, 5.41) is 10.9. The van der Waals surface area contributed by atoms with Crippen LogP contribution < -0.4 is 4.74 Å². The van der Waals surface area contributed by atoms with Crippen LogP contribution in [0.25, 0.3) is 0 Å². The molecule has 98 valence electrons. The summed E-state index contributed by atoms with van der Waals surface area (Å²) in [7, 11) is 0. The molecule has 1 rings (SSSR count). The van der Waals surface area contributed by atoms with Crippen molar-refractivity contribution in [1.29, 1.82) is 0 Å². The number of aryl methyl sites for hydroxylation is 1. The second-order valence-corrected chi connectivity index (χ2v) is 3.50. The Balaban J connectivity index is 3.54. The number of nitrogens with zero attached hydrogens (tertiary/aromatic N) is 1. The molecule has 1 aromatic rings. The van der Waals surface area contributed by atoms with Crippen LogP contribution in [0.2, 0.25) is 0 Å². The lowest BCUT2D eigenvalue weighted by molar-refractivity contribution is -0.387. The number of rotatable bonds is 5. The molecular weight excluding hydrogens is 248 g/mol. The summed E-state index contributed by atoms with van der Waals surface area (Å²) in [6, 6.07) is 2.62. The number of benzene rings is 1. The molecule has 0 radical (unpaired) electrons. The number of ether oxygens (including phenoxy) is 1. The zero-order chi connectivity index (χ0) is 13.9. The predicted molar refractivity (Wildman–Crippen MR) is 59.1 cm³/mol. The number of halogens is 2. The van der Waals surface area contributed by atoms with Gasteiger partial charge in [0.2, 0.25) is 5.75 Å². The highest BCUT2D eigenvalue weighted by molar-refractivity contribution is 5.98. The van der Waals surface area contributed by atoms with Gasteiger partial charge in [0.1, 0.15) is 0 Å². The van der Waals surface area contributed by atoms with Gasteiger partial charge in [-0.15, -0.1) is 0 Å². The average molecular weight is 259 g/mol. The van der Waals surface area contributed by atoms with Gasteiger partial charge >= 0.3 is 12.3 Å². The van der Waals surface area contributed by atoms with Crippen LogP contribution in [0, 0.1) is 10.1 Å². The lowest BCUT2D eigenvalue weighted by Gasteiger charge is -2.11. The first-order chi connectivity index (χ1) is 8.38. The average Bonchev–Trinajstić information content (AvgIpc) is 2.26. The number of carbonyl (C=O) groups is 1. The molecule has 0 aliphatic rings. The molecule has 7 heteroatoms. The molecule has 5 nitrogen and oxygen atoms in total. The second kappa shape index (κ2) is 5.52. The highest BCUT2D eigenvalue weighted by Gasteiger charge is 2.27. The molecule has 1 aromatic carbocycles. The predicted octanol–water partition coefficient (Wildman–Crippen LogP) is 2.96. The summed E-state index contributed by atoms with van der Waals surface area (Å²) in [5.41, 5.74) is -0.564. The van der Waals surface area contributed by atoms with Gasteiger partial charge in [-0.3, -0.25) is 14.9 Å². The van der Waals surface area contributed by atoms with E-state index in [1.54, 1.807) is 6.92 Å². The second-order valence-electron chi connectivity index (χ2n) is 3.50. The Morgan fingerprint density at radius 1 is 1.50 bits per heavy atom. The van der Waals surface area contributed by atoms with Crippen molar-refractivity contribution in [3.05, 3.63) is 33.4 Å².